The number of rotatable bonds is 5. The van der Waals surface area contributed by atoms with Crippen LogP contribution in [0.1, 0.15) is 113 Å². The van der Waals surface area contributed by atoms with Gasteiger partial charge in [0, 0.05) is 5.41 Å². The van der Waals surface area contributed by atoms with E-state index in [1.807, 2.05) is 13.8 Å². The smallest absolute Gasteiger partial charge is 0.0628 e. The molecule has 32 heavy (non-hydrogen) atoms. The average molecular weight is 444 g/mol. The molecule has 3 fully saturated rings. The van der Waals surface area contributed by atoms with Gasteiger partial charge in [0.25, 0.3) is 0 Å². The van der Waals surface area contributed by atoms with Crippen LogP contribution < -0.4 is 0 Å². The van der Waals surface area contributed by atoms with Crippen LogP contribution in [0.25, 0.3) is 0 Å². The monoisotopic (exact) mass is 443 g/mol. The van der Waals surface area contributed by atoms with Crippen molar-refractivity contribution in [2.75, 3.05) is 0 Å². The van der Waals surface area contributed by atoms with Gasteiger partial charge in [0.1, 0.15) is 0 Å². The molecule has 4 aliphatic carbocycles. The van der Waals surface area contributed by atoms with Crippen molar-refractivity contribution in [2.24, 2.45) is 45.3 Å². The minimum absolute atomic E-state index is 0.0672. The van der Waals surface area contributed by atoms with Crippen LogP contribution in [0.2, 0.25) is 0 Å². The third kappa shape index (κ3) is 3.57. The molecule has 0 aliphatic heterocycles. The Morgan fingerprint density at radius 3 is 2.38 bits per heavy atom. The predicted molar refractivity (Wildman–Crippen MR) is 134 cm³/mol. The summed E-state index contributed by atoms with van der Waals surface area (Å²) < 4.78 is 0. The second-order valence-corrected chi connectivity index (χ2v) is 14.2. The van der Waals surface area contributed by atoms with Crippen LogP contribution in [0.3, 0.4) is 0 Å². The highest BCUT2D eigenvalue weighted by Crippen LogP contribution is 2.75. The number of hydrogen-bond acceptors (Lipinski definition) is 2. The van der Waals surface area contributed by atoms with Gasteiger partial charge in [0.2, 0.25) is 0 Å². The zero-order chi connectivity index (χ0) is 23.7. The molecule has 0 aromatic heterocycles. The van der Waals surface area contributed by atoms with E-state index in [0.29, 0.717) is 28.1 Å². The van der Waals surface area contributed by atoms with E-state index in [0.717, 1.165) is 24.7 Å². The summed E-state index contributed by atoms with van der Waals surface area (Å²) in [5.41, 5.74) is 2.05. The van der Waals surface area contributed by atoms with Gasteiger partial charge in [-0.3, -0.25) is 0 Å². The number of fused-ring (bicyclic) bond motifs is 5. The number of allylic oxidation sites excluding steroid dienone is 1. The van der Waals surface area contributed by atoms with Crippen LogP contribution in [-0.2, 0) is 0 Å². The summed E-state index contributed by atoms with van der Waals surface area (Å²) in [5, 5.41) is 20.9. The summed E-state index contributed by atoms with van der Waals surface area (Å²) in [6, 6.07) is 0. The molecule has 2 nitrogen and oxygen atoms in total. The molecule has 0 saturated heterocycles. The number of aliphatic hydroxyl groups excluding tert-OH is 1. The highest BCUT2D eigenvalue weighted by molar-refractivity contribution is 5.30. The SMILES string of the molecule is C[C@H](CC[CH]C(C)(C)O)[C@H]1CC[C@@]2(C)[C@@H]3CC=C4C(CCC(O)C4(C)C)[C@]3(C)CC[C@]12C. The normalized spacial score (nSPS) is 46.6. The maximum absolute atomic E-state index is 10.8. The van der Waals surface area contributed by atoms with Crippen LogP contribution in [0, 0.1) is 51.8 Å². The third-order valence-electron chi connectivity index (χ3n) is 11.8. The molecule has 0 spiro atoms. The van der Waals surface area contributed by atoms with Gasteiger partial charge < -0.3 is 10.2 Å². The molecule has 0 amide bonds. The van der Waals surface area contributed by atoms with E-state index in [1.54, 1.807) is 5.57 Å². The lowest BCUT2D eigenvalue weighted by Gasteiger charge is -2.66. The average Bonchev–Trinajstić information content (AvgIpc) is 2.95. The minimum atomic E-state index is -0.659. The lowest BCUT2D eigenvalue weighted by Crippen LogP contribution is -2.59. The lowest BCUT2D eigenvalue weighted by molar-refractivity contribution is -0.145. The molecule has 0 bridgehead atoms. The van der Waals surface area contributed by atoms with Gasteiger partial charge in [0.15, 0.2) is 0 Å². The second kappa shape index (κ2) is 7.84. The topological polar surface area (TPSA) is 40.5 Å². The fraction of sp³-hybridized carbons (Fsp3) is 0.900. The Morgan fingerprint density at radius 1 is 1.03 bits per heavy atom. The summed E-state index contributed by atoms with van der Waals surface area (Å²) in [7, 11) is 0. The molecule has 2 N–H and O–H groups in total. The Bertz CT molecular complexity index is 744. The third-order valence-corrected chi connectivity index (χ3v) is 11.8. The van der Waals surface area contributed by atoms with Crippen molar-refractivity contribution in [2.45, 2.75) is 125 Å². The molecule has 183 valence electrons. The van der Waals surface area contributed by atoms with E-state index < -0.39 is 5.60 Å². The van der Waals surface area contributed by atoms with E-state index in [1.165, 1.54) is 44.9 Å². The van der Waals surface area contributed by atoms with Crippen LogP contribution in [0.5, 0.6) is 0 Å². The van der Waals surface area contributed by atoms with Crippen LogP contribution in [0.15, 0.2) is 11.6 Å². The van der Waals surface area contributed by atoms with Gasteiger partial charge in [-0.1, -0.05) is 59.6 Å². The highest BCUT2D eigenvalue weighted by Gasteiger charge is 2.67. The van der Waals surface area contributed by atoms with Crippen LogP contribution in [0.4, 0.5) is 0 Å². The summed E-state index contributed by atoms with van der Waals surface area (Å²) in [6.45, 7) is 18.8. The van der Waals surface area contributed by atoms with Crippen molar-refractivity contribution in [3.8, 4) is 0 Å². The number of hydrogen-bond donors (Lipinski definition) is 2. The van der Waals surface area contributed by atoms with Gasteiger partial charge >= 0.3 is 0 Å². The summed E-state index contributed by atoms with van der Waals surface area (Å²) >= 11 is 0. The Balaban J connectivity index is 1.58. The zero-order valence-electron chi connectivity index (χ0n) is 22.3. The lowest BCUT2D eigenvalue weighted by atomic mass is 9.39. The summed E-state index contributed by atoms with van der Waals surface area (Å²) in [5.74, 6) is 2.91. The molecule has 2 heteroatoms. The molecule has 0 heterocycles. The van der Waals surface area contributed by atoms with E-state index >= 15 is 0 Å². The van der Waals surface area contributed by atoms with Crippen molar-refractivity contribution in [1.82, 2.24) is 0 Å². The predicted octanol–water partition coefficient (Wildman–Crippen LogP) is 7.34. The Labute approximate surface area is 198 Å². The van der Waals surface area contributed by atoms with Gasteiger partial charge in [0.05, 0.1) is 11.7 Å². The number of aliphatic hydroxyl groups is 2. The van der Waals surface area contributed by atoms with Crippen molar-refractivity contribution in [3.05, 3.63) is 18.1 Å². The Kier molecular flexibility index (Phi) is 6.07. The first-order valence-electron chi connectivity index (χ1n) is 13.6. The molecule has 0 aromatic carbocycles. The maximum atomic E-state index is 10.8. The first-order valence-corrected chi connectivity index (χ1v) is 13.6. The van der Waals surface area contributed by atoms with Crippen molar-refractivity contribution >= 4 is 0 Å². The fourth-order valence-corrected chi connectivity index (χ4v) is 9.53. The molecular weight excluding hydrogens is 392 g/mol. The molecule has 0 aromatic rings. The van der Waals surface area contributed by atoms with E-state index in [4.69, 9.17) is 0 Å². The summed E-state index contributed by atoms with van der Waals surface area (Å²) in [4.78, 5) is 0. The van der Waals surface area contributed by atoms with E-state index in [2.05, 4.69) is 54.0 Å². The van der Waals surface area contributed by atoms with Crippen molar-refractivity contribution < 1.29 is 10.2 Å². The quantitative estimate of drug-likeness (QED) is 0.436. The molecule has 4 aliphatic rings. The van der Waals surface area contributed by atoms with E-state index in [9.17, 15) is 10.2 Å². The van der Waals surface area contributed by atoms with Crippen molar-refractivity contribution in [3.63, 3.8) is 0 Å². The highest BCUT2D eigenvalue weighted by atomic mass is 16.3. The standard InChI is InChI=1S/C30H51O2/c1-20(10-9-16-26(2,3)32)21-15-17-30(8)24-13-11-22-23(12-14-25(31)27(22,4)5)28(24,6)18-19-29(21,30)7/h11,16,20-21,23-25,31-32H,9-10,12-15,17-19H2,1-8H3/t20-,21-,23?,24-,25?,28+,29-,30+/m1/s1. The van der Waals surface area contributed by atoms with Crippen molar-refractivity contribution in [1.29, 1.82) is 0 Å². The molecule has 3 saturated carbocycles. The minimum Gasteiger partial charge on any atom is -0.392 e. The molecular formula is C30H51O2. The Morgan fingerprint density at radius 2 is 1.72 bits per heavy atom. The van der Waals surface area contributed by atoms with E-state index in [-0.39, 0.29) is 11.5 Å². The first-order chi connectivity index (χ1) is 14.7. The van der Waals surface area contributed by atoms with Crippen LogP contribution in [-0.4, -0.2) is 21.9 Å². The molecule has 2 unspecified atom stereocenters. The molecule has 1 radical (unpaired) electrons. The fourth-order valence-electron chi connectivity index (χ4n) is 9.53. The summed E-state index contributed by atoms with van der Waals surface area (Å²) in [6.07, 6.45) is 15.5. The maximum Gasteiger partial charge on any atom is 0.0628 e. The second-order valence-electron chi connectivity index (χ2n) is 14.2. The largest absolute Gasteiger partial charge is 0.392 e. The van der Waals surface area contributed by atoms with Gasteiger partial charge in [-0.05, 0) is 112 Å². The zero-order valence-corrected chi connectivity index (χ0v) is 22.3. The molecule has 8 atom stereocenters. The Hall–Kier alpha value is -0.340. The van der Waals surface area contributed by atoms with Crippen LogP contribution >= 0.6 is 0 Å². The van der Waals surface area contributed by atoms with Gasteiger partial charge in [-0.2, -0.15) is 0 Å². The van der Waals surface area contributed by atoms with Gasteiger partial charge in [-0.15, -0.1) is 0 Å². The molecule has 4 rings (SSSR count). The van der Waals surface area contributed by atoms with Gasteiger partial charge in [-0.25, -0.2) is 0 Å². The first kappa shape index (κ1) is 24.8.